The molecule has 2 aliphatic heterocycles. The van der Waals surface area contributed by atoms with E-state index in [1.807, 2.05) is 4.90 Å². The fourth-order valence-electron chi connectivity index (χ4n) is 3.75. The molecule has 2 saturated heterocycles. The average Bonchev–Trinajstić information content (AvgIpc) is 3.40. The molecule has 1 aromatic rings. The normalized spacial score (nSPS) is 28.2. The van der Waals surface area contributed by atoms with Crippen LogP contribution in [0, 0.1) is 5.92 Å². The molecule has 23 heavy (non-hydrogen) atoms. The Morgan fingerprint density at radius 1 is 1.30 bits per heavy atom. The van der Waals surface area contributed by atoms with Crippen molar-refractivity contribution in [3.8, 4) is 0 Å². The molecular formula is C17H24N4O2. The summed E-state index contributed by atoms with van der Waals surface area (Å²) in [5.74, 6) is 1.85. The summed E-state index contributed by atoms with van der Waals surface area (Å²) >= 11 is 0. The van der Waals surface area contributed by atoms with Gasteiger partial charge in [0.2, 0.25) is 5.91 Å². The zero-order chi connectivity index (χ0) is 15.7. The Morgan fingerprint density at radius 2 is 2.22 bits per heavy atom. The fraction of sp³-hybridized carbons (Fsp3) is 0.706. The van der Waals surface area contributed by atoms with E-state index in [-0.39, 0.29) is 5.60 Å². The highest BCUT2D eigenvalue weighted by Gasteiger charge is 2.42. The number of morpholine rings is 1. The smallest absolute Gasteiger partial charge is 0.223 e. The summed E-state index contributed by atoms with van der Waals surface area (Å²) in [6.07, 6.45) is 10.5. The largest absolute Gasteiger partial charge is 0.369 e. The third kappa shape index (κ3) is 3.32. The lowest BCUT2D eigenvalue weighted by atomic mass is 9.90. The van der Waals surface area contributed by atoms with Crippen molar-refractivity contribution >= 4 is 11.7 Å². The molecule has 1 aliphatic carbocycles. The molecule has 1 spiro atoms. The molecule has 3 heterocycles. The number of nitrogens with zero attached hydrogens (tertiary/aromatic N) is 4. The first-order valence-electron chi connectivity index (χ1n) is 8.67. The number of piperidine rings is 1. The van der Waals surface area contributed by atoms with Gasteiger partial charge in [0.1, 0.15) is 11.4 Å². The van der Waals surface area contributed by atoms with Gasteiger partial charge in [-0.25, -0.2) is 4.98 Å². The molecule has 3 aliphatic rings. The first kappa shape index (κ1) is 14.9. The maximum absolute atomic E-state index is 12.5. The Morgan fingerprint density at radius 3 is 3.00 bits per heavy atom. The minimum Gasteiger partial charge on any atom is -0.369 e. The second-order valence-corrected chi connectivity index (χ2v) is 7.08. The third-order valence-electron chi connectivity index (χ3n) is 5.17. The Bertz CT molecular complexity index is 559. The summed E-state index contributed by atoms with van der Waals surface area (Å²) in [6, 6.07) is 0. The predicted molar refractivity (Wildman–Crippen MR) is 86.1 cm³/mol. The summed E-state index contributed by atoms with van der Waals surface area (Å²) in [7, 11) is 0. The Labute approximate surface area is 136 Å². The molecule has 1 saturated carbocycles. The predicted octanol–water partition coefficient (Wildman–Crippen LogP) is 1.47. The topological polar surface area (TPSA) is 58.6 Å². The average molecular weight is 316 g/mol. The van der Waals surface area contributed by atoms with Crippen LogP contribution >= 0.6 is 0 Å². The molecule has 6 heteroatoms. The number of ether oxygens (including phenoxy) is 1. The number of carbonyl (C=O) groups excluding carboxylic acids is 1. The molecule has 4 rings (SSSR count). The fourth-order valence-corrected chi connectivity index (χ4v) is 3.75. The van der Waals surface area contributed by atoms with Gasteiger partial charge < -0.3 is 14.5 Å². The second kappa shape index (κ2) is 6.07. The van der Waals surface area contributed by atoms with Crippen LogP contribution in [0.25, 0.3) is 0 Å². The monoisotopic (exact) mass is 316 g/mol. The molecule has 0 aromatic carbocycles. The highest BCUT2D eigenvalue weighted by Crippen LogP contribution is 2.35. The Kier molecular flexibility index (Phi) is 3.93. The molecule has 124 valence electrons. The number of rotatable bonds is 3. The van der Waals surface area contributed by atoms with Gasteiger partial charge in [-0.3, -0.25) is 9.78 Å². The molecular weight excluding hydrogens is 292 g/mol. The molecule has 0 radical (unpaired) electrons. The van der Waals surface area contributed by atoms with Crippen LogP contribution in [0.1, 0.15) is 32.1 Å². The Balaban J connectivity index is 1.44. The minimum absolute atomic E-state index is 0.243. The zero-order valence-electron chi connectivity index (χ0n) is 13.5. The van der Waals surface area contributed by atoms with Crippen LogP contribution < -0.4 is 4.90 Å². The summed E-state index contributed by atoms with van der Waals surface area (Å²) in [5.41, 5.74) is -0.243. The highest BCUT2D eigenvalue weighted by molar-refractivity contribution is 5.77. The van der Waals surface area contributed by atoms with Gasteiger partial charge in [0.15, 0.2) is 0 Å². The summed E-state index contributed by atoms with van der Waals surface area (Å²) in [5, 5.41) is 0. The van der Waals surface area contributed by atoms with E-state index < -0.39 is 0 Å². The van der Waals surface area contributed by atoms with Gasteiger partial charge in [-0.15, -0.1) is 0 Å². The van der Waals surface area contributed by atoms with E-state index in [2.05, 4.69) is 14.9 Å². The van der Waals surface area contributed by atoms with Crippen molar-refractivity contribution < 1.29 is 9.53 Å². The van der Waals surface area contributed by atoms with E-state index in [0.717, 1.165) is 51.3 Å². The van der Waals surface area contributed by atoms with Gasteiger partial charge in [0, 0.05) is 31.9 Å². The van der Waals surface area contributed by atoms with Crippen molar-refractivity contribution in [3.63, 3.8) is 0 Å². The van der Waals surface area contributed by atoms with Gasteiger partial charge in [-0.2, -0.15) is 0 Å². The van der Waals surface area contributed by atoms with Crippen molar-refractivity contribution in [1.82, 2.24) is 14.9 Å². The molecule has 1 amide bonds. The lowest BCUT2D eigenvalue weighted by Gasteiger charge is -2.48. The molecule has 0 bridgehead atoms. The number of carbonyl (C=O) groups is 1. The van der Waals surface area contributed by atoms with Crippen molar-refractivity contribution in [2.45, 2.75) is 37.7 Å². The van der Waals surface area contributed by atoms with E-state index in [9.17, 15) is 4.79 Å². The number of hydrogen-bond donors (Lipinski definition) is 0. The minimum atomic E-state index is -0.243. The lowest BCUT2D eigenvalue weighted by molar-refractivity contribution is -0.152. The number of aromatic nitrogens is 2. The zero-order valence-corrected chi connectivity index (χ0v) is 13.5. The van der Waals surface area contributed by atoms with E-state index in [0.29, 0.717) is 18.4 Å². The Hall–Kier alpha value is -1.69. The maximum atomic E-state index is 12.5. The van der Waals surface area contributed by atoms with Crippen LogP contribution in [0.2, 0.25) is 0 Å². The molecule has 6 nitrogen and oxygen atoms in total. The van der Waals surface area contributed by atoms with E-state index in [1.165, 1.54) is 12.8 Å². The molecule has 3 fully saturated rings. The van der Waals surface area contributed by atoms with Gasteiger partial charge in [0.05, 0.1) is 25.9 Å². The molecule has 0 N–H and O–H groups in total. The number of amides is 1. The van der Waals surface area contributed by atoms with Crippen LogP contribution in [-0.2, 0) is 9.53 Å². The van der Waals surface area contributed by atoms with Crippen LogP contribution in [0.5, 0.6) is 0 Å². The number of hydrogen-bond acceptors (Lipinski definition) is 5. The molecule has 0 unspecified atom stereocenters. The van der Waals surface area contributed by atoms with Gasteiger partial charge in [-0.1, -0.05) is 0 Å². The molecule has 1 atom stereocenters. The maximum Gasteiger partial charge on any atom is 0.223 e. The van der Waals surface area contributed by atoms with Gasteiger partial charge >= 0.3 is 0 Å². The standard InChI is InChI=1S/C17H24N4O2/c22-16(10-14-2-3-14)21-8-9-23-17(13-21)4-1-7-20(12-17)15-11-18-5-6-19-15/h5-6,11,14H,1-4,7-10,12-13H2/t17-/m0/s1. The van der Waals surface area contributed by atoms with Gasteiger partial charge in [0.25, 0.3) is 0 Å². The summed E-state index contributed by atoms with van der Waals surface area (Å²) in [4.78, 5) is 25.3. The van der Waals surface area contributed by atoms with Crippen LogP contribution in [0.3, 0.4) is 0 Å². The van der Waals surface area contributed by atoms with E-state index in [4.69, 9.17) is 4.74 Å². The van der Waals surface area contributed by atoms with E-state index >= 15 is 0 Å². The first-order chi connectivity index (χ1) is 11.2. The third-order valence-corrected chi connectivity index (χ3v) is 5.17. The van der Waals surface area contributed by atoms with Crippen molar-refractivity contribution in [2.75, 3.05) is 37.7 Å². The highest BCUT2D eigenvalue weighted by atomic mass is 16.5. The SMILES string of the molecule is O=C(CC1CC1)N1CCO[C@]2(CCCN(c3cnccn3)C2)C1. The van der Waals surface area contributed by atoms with Crippen LogP contribution in [0.15, 0.2) is 18.6 Å². The lowest BCUT2D eigenvalue weighted by Crippen LogP contribution is -2.61. The van der Waals surface area contributed by atoms with Gasteiger partial charge in [-0.05, 0) is 31.6 Å². The van der Waals surface area contributed by atoms with Crippen molar-refractivity contribution in [3.05, 3.63) is 18.6 Å². The molecule has 1 aromatic heterocycles. The van der Waals surface area contributed by atoms with Crippen molar-refractivity contribution in [1.29, 1.82) is 0 Å². The van der Waals surface area contributed by atoms with Crippen molar-refractivity contribution in [2.24, 2.45) is 5.92 Å². The van der Waals surface area contributed by atoms with Crippen LogP contribution in [-0.4, -0.2) is 59.2 Å². The first-order valence-corrected chi connectivity index (χ1v) is 8.67. The number of anilines is 1. The quantitative estimate of drug-likeness (QED) is 0.845. The van der Waals surface area contributed by atoms with E-state index in [1.54, 1.807) is 18.6 Å². The second-order valence-electron chi connectivity index (χ2n) is 7.08. The summed E-state index contributed by atoms with van der Waals surface area (Å²) < 4.78 is 6.18. The summed E-state index contributed by atoms with van der Waals surface area (Å²) in [6.45, 7) is 3.86. The van der Waals surface area contributed by atoms with Crippen LogP contribution in [0.4, 0.5) is 5.82 Å².